The molecule has 0 bridgehead atoms. The minimum Gasteiger partial charge on any atom is -0.494 e. The number of aliphatic hydroxyl groups is 1. The van der Waals surface area contributed by atoms with E-state index >= 15 is 0 Å². The van der Waals surface area contributed by atoms with Crippen LogP contribution in [0.3, 0.4) is 0 Å². The third-order valence-corrected chi connectivity index (χ3v) is 6.36. The molecular formula is C21H29N3O4S. The summed E-state index contributed by atoms with van der Waals surface area (Å²) in [5.74, 6) is 1.30. The second kappa shape index (κ2) is 10.2. The second-order valence-corrected chi connectivity index (χ2v) is 8.86. The molecule has 0 aromatic heterocycles. The quantitative estimate of drug-likeness (QED) is 0.468. The average molecular weight is 420 g/mol. The number of nitrogens with zero attached hydrogens (tertiary/aromatic N) is 2. The second-order valence-electron chi connectivity index (χ2n) is 7.65. The Morgan fingerprint density at radius 3 is 2.93 bits per heavy atom. The Labute approximate surface area is 175 Å². The van der Waals surface area contributed by atoms with Crippen LogP contribution < -0.4 is 10.1 Å². The molecule has 1 fully saturated rings. The third-order valence-electron chi connectivity index (χ3n) is 5.35. The predicted molar refractivity (Wildman–Crippen MR) is 115 cm³/mol. The van der Waals surface area contributed by atoms with Gasteiger partial charge in [0.25, 0.3) is 0 Å². The molecule has 0 radical (unpaired) electrons. The molecule has 0 aliphatic carbocycles. The Balaban J connectivity index is 1.32. The van der Waals surface area contributed by atoms with Gasteiger partial charge in [0.2, 0.25) is 5.91 Å². The fourth-order valence-electron chi connectivity index (χ4n) is 3.52. The summed E-state index contributed by atoms with van der Waals surface area (Å²) in [6.45, 7) is 5.26. The van der Waals surface area contributed by atoms with Crippen molar-refractivity contribution in [1.29, 1.82) is 0 Å². The number of thioether (sulfide) groups is 1. The van der Waals surface area contributed by atoms with E-state index in [1.807, 2.05) is 19.1 Å². The van der Waals surface area contributed by atoms with Crippen molar-refractivity contribution in [3.63, 3.8) is 0 Å². The van der Waals surface area contributed by atoms with Crippen LogP contribution >= 0.6 is 11.8 Å². The maximum atomic E-state index is 12.2. The summed E-state index contributed by atoms with van der Waals surface area (Å²) in [4.78, 5) is 29.6. The lowest BCUT2D eigenvalue weighted by Crippen LogP contribution is -2.52. The lowest BCUT2D eigenvalue weighted by Gasteiger charge is -2.38. The predicted octanol–water partition coefficient (Wildman–Crippen LogP) is 1.74. The van der Waals surface area contributed by atoms with E-state index in [1.54, 1.807) is 23.9 Å². The molecule has 1 atom stereocenters. The number of ether oxygens (including phenoxy) is 1. The number of likely N-dealkylation sites (tertiary alicyclic amines) is 1. The van der Waals surface area contributed by atoms with Crippen LogP contribution in [0.2, 0.25) is 0 Å². The Bertz CT molecular complexity index is 747. The van der Waals surface area contributed by atoms with E-state index in [0.717, 1.165) is 37.4 Å². The zero-order valence-electron chi connectivity index (χ0n) is 16.8. The molecule has 2 N–H and O–H groups in total. The summed E-state index contributed by atoms with van der Waals surface area (Å²) in [6.07, 6.45) is 2.96. The molecule has 1 saturated heterocycles. The minimum absolute atomic E-state index is 0.0963. The number of amides is 1. The van der Waals surface area contributed by atoms with Crippen LogP contribution in [0, 0.1) is 0 Å². The highest BCUT2D eigenvalue weighted by Gasteiger charge is 2.33. The zero-order chi connectivity index (χ0) is 20.7. The number of hydrogen-bond donors (Lipinski definition) is 2. The van der Waals surface area contributed by atoms with Crippen LogP contribution in [0.5, 0.6) is 5.75 Å². The first kappa shape index (κ1) is 21.8. The van der Waals surface area contributed by atoms with Crippen molar-refractivity contribution in [3.05, 3.63) is 29.8 Å². The molecule has 1 aromatic carbocycles. The van der Waals surface area contributed by atoms with Crippen molar-refractivity contribution in [1.82, 2.24) is 10.2 Å². The average Bonchev–Trinajstić information content (AvgIpc) is 3.17. The van der Waals surface area contributed by atoms with E-state index in [4.69, 9.17) is 4.74 Å². The minimum atomic E-state index is -0.845. The topological polar surface area (TPSA) is 91.2 Å². The molecule has 2 aliphatic heterocycles. The van der Waals surface area contributed by atoms with Gasteiger partial charge < -0.3 is 20.1 Å². The highest BCUT2D eigenvalue weighted by molar-refractivity contribution is 8.14. The molecule has 1 unspecified atom stereocenters. The SMILES string of the molecule is CC1=NC(C(=O)NCC2(O)CCN(CCCOc3cccc(C=O)c3)CC2)CS1. The van der Waals surface area contributed by atoms with Crippen LogP contribution in [0.4, 0.5) is 0 Å². The van der Waals surface area contributed by atoms with Crippen molar-refractivity contribution in [2.75, 3.05) is 38.5 Å². The molecule has 0 spiro atoms. The van der Waals surface area contributed by atoms with Crippen LogP contribution in [0.25, 0.3) is 0 Å². The summed E-state index contributed by atoms with van der Waals surface area (Å²) in [7, 11) is 0. The Morgan fingerprint density at radius 2 is 2.24 bits per heavy atom. The summed E-state index contributed by atoms with van der Waals surface area (Å²) < 4.78 is 5.71. The maximum absolute atomic E-state index is 12.2. The van der Waals surface area contributed by atoms with E-state index in [-0.39, 0.29) is 18.5 Å². The van der Waals surface area contributed by atoms with Gasteiger partial charge >= 0.3 is 0 Å². The lowest BCUT2D eigenvalue weighted by atomic mass is 9.91. The largest absolute Gasteiger partial charge is 0.494 e. The molecule has 1 amide bonds. The normalized spacial score (nSPS) is 21.4. The third kappa shape index (κ3) is 6.55. The number of benzene rings is 1. The van der Waals surface area contributed by atoms with E-state index in [2.05, 4.69) is 15.2 Å². The Morgan fingerprint density at radius 1 is 1.45 bits per heavy atom. The highest BCUT2D eigenvalue weighted by Crippen LogP contribution is 2.22. The van der Waals surface area contributed by atoms with Crippen LogP contribution in [0.15, 0.2) is 29.3 Å². The molecule has 8 heteroatoms. The first-order valence-corrected chi connectivity index (χ1v) is 11.0. The molecule has 0 saturated carbocycles. The number of nitrogens with one attached hydrogen (secondary N) is 1. The Hall–Kier alpha value is -1.90. The van der Waals surface area contributed by atoms with Crippen molar-refractivity contribution in [2.45, 2.75) is 37.8 Å². The number of rotatable bonds is 9. The van der Waals surface area contributed by atoms with Gasteiger partial charge in [0.05, 0.1) is 17.3 Å². The molecule has 2 aliphatic rings. The number of carbonyl (C=O) groups is 2. The lowest BCUT2D eigenvalue weighted by molar-refractivity contribution is -0.123. The Kier molecular flexibility index (Phi) is 7.69. The number of aldehydes is 1. The van der Waals surface area contributed by atoms with E-state index in [9.17, 15) is 14.7 Å². The molecule has 2 heterocycles. The first-order valence-electron chi connectivity index (χ1n) is 10.1. The molecule has 29 heavy (non-hydrogen) atoms. The van der Waals surface area contributed by atoms with E-state index < -0.39 is 5.60 Å². The summed E-state index contributed by atoms with van der Waals surface area (Å²) in [6, 6.07) is 6.81. The van der Waals surface area contributed by atoms with Gasteiger partial charge in [-0.1, -0.05) is 12.1 Å². The van der Waals surface area contributed by atoms with Gasteiger partial charge in [-0.05, 0) is 38.3 Å². The van der Waals surface area contributed by atoms with Gasteiger partial charge in [0.1, 0.15) is 18.1 Å². The number of aliphatic imine (C=N–C) groups is 1. The van der Waals surface area contributed by atoms with Gasteiger partial charge in [-0.3, -0.25) is 14.6 Å². The van der Waals surface area contributed by atoms with Crippen LogP contribution in [-0.2, 0) is 4.79 Å². The van der Waals surface area contributed by atoms with Gasteiger partial charge in [0, 0.05) is 37.5 Å². The number of piperidine rings is 1. The fraction of sp³-hybridized carbons (Fsp3) is 0.571. The zero-order valence-corrected chi connectivity index (χ0v) is 17.6. The summed E-state index contributed by atoms with van der Waals surface area (Å²) >= 11 is 1.60. The molecule has 158 valence electrons. The van der Waals surface area contributed by atoms with Gasteiger partial charge in [0.15, 0.2) is 0 Å². The molecule has 7 nitrogen and oxygen atoms in total. The molecule has 3 rings (SSSR count). The molecular weight excluding hydrogens is 390 g/mol. The monoisotopic (exact) mass is 419 g/mol. The molecule has 1 aromatic rings. The summed E-state index contributed by atoms with van der Waals surface area (Å²) in [5.41, 5.74) is -0.235. The fourth-order valence-corrected chi connectivity index (χ4v) is 4.35. The first-order chi connectivity index (χ1) is 14.0. The van der Waals surface area contributed by atoms with Crippen molar-refractivity contribution in [3.8, 4) is 5.75 Å². The van der Waals surface area contributed by atoms with Gasteiger partial charge in [-0.25, -0.2) is 0 Å². The van der Waals surface area contributed by atoms with Gasteiger partial charge in [-0.2, -0.15) is 0 Å². The van der Waals surface area contributed by atoms with Crippen molar-refractivity contribution in [2.24, 2.45) is 4.99 Å². The van der Waals surface area contributed by atoms with Crippen molar-refractivity contribution < 1.29 is 19.4 Å². The summed E-state index contributed by atoms with van der Waals surface area (Å²) in [5, 5.41) is 14.6. The highest BCUT2D eigenvalue weighted by atomic mass is 32.2. The number of carbonyl (C=O) groups excluding carboxylic acids is 2. The smallest absolute Gasteiger partial charge is 0.245 e. The van der Waals surface area contributed by atoms with E-state index in [1.165, 1.54) is 0 Å². The van der Waals surface area contributed by atoms with Gasteiger partial charge in [-0.15, -0.1) is 11.8 Å². The van der Waals surface area contributed by atoms with E-state index in [0.29, 0.717) is 36.5 Å². The number of hydrogen-bond acceptors (Lipinski definition) is 7. The van der Waals surface area contributed by atoms with Crippen molar-refractivity contribution >= 4 is 29.0 Å². The van der Waals surface area contributed by atoms with Crippen LogP contribution in [0.1, 0.15) is 36.5 Å². The maximum Gasteiger partial charge on any atom is 0.245 e. The van der Waals surface area contributed by atoms with Crippen LogP contribution in [-0.4, -0.2) is 77.4 Å². The standard InChI is InChI=1S/C21H29N3O4S/c1-16-23-19(14-29-16)20(26)22-15-21(27)6-9-24(10-7-21)8-3-11-28-18-5-2-4-17(12-18)13-25/h2,4-5,12-13,19,27H,3,6-11,14-15H2,1H3,(H,22,26).